The lowest BCUT2D eigenvalue weighted by molar-refractivity contribution is 0.478. The fraction of sp³-hybridized carbons (Fsp3) is 0.368. The van der Waals surface area contributed by atoms with Gasteiger partial charge in [-0.1, -0.05) is 37.6 Å². The fourth-order valence-electron chi connectivity index (χ4n) is 2.53. The van der Waals surface area contributed by atoms with Crippen molar-refractivity contribution >= 4 is 10.1 Å². The third-order valence-corrected chi connectivity index (χ3v) is 4.52. The van der Waals surface area contributed by atoms with Crippen molar-refractivity contribution in [3.8, 4) is 11.5 Å². The molecule has 0 heterocycles. The van der Waals surface area contributed by atoms with E-state index in [1.165, 1.54) is 5.56 Å². The molecule has 0 unspecified atom stereocenters. The summed E-state index contributed by atoms with van der Waals surface area (Å²) in [5.74, 6) is 1.39. The maximum atomic E-state index is 10.7. The van der Waals surface area contributed by atoms with E-state index in [0.717, 1.165) is 36.3 Å². The topological polar surface area (TPSA) is 63.6 Å². The van der Waals surface area contributed by atoms with Crippen molar-refractivity contribution in [2.75, 3.05) is 5.75 Å². The Labute approximate surface area is 144 Å². The van der Waals surface area contributed by atoms with Crippen LogP contribution in [0.15, 0.2) is 48.5 Å². The fourth-order valence-corrected chi connectivity index (χ4v) is 3.10. The molecule has 0 aliphatic heterocycles. The molecular formula is C19H24O4S. The van der Waals surface area contributed by atoms with Crippen LogP contribution < -0.4 is 4.74 Å². The molecule has 0 saturated carbocycles. The lowest BCUT2D eigenvalue weighted by atomic mass is 10.1. The molecule has 0 fully saturated rings. The van der Waals surface area contributed by atoms with Gasteiger partial charge in [0.05, 0.1) is 5.75 Å². The van der Waals surface area contributed by atoms with Crippen LogP contribution in [-0.4, -0.2) is 18.7 Å². The van der Waals surface area contributed by atoms with Crippen molar-refractivity contribution in [3.63, 3.8) is 0 Å². The summed E-state index contributed by atoms with van der Waals surface area (Å²) in [6.45, 7) is 2.16. The van der Waals surface area contributed by atoms with Crippen LogP contribution >= 0.6 is 0 Å². The molecule has 2 aromatic rings. The van der Waals surface area contributed by atoms with Crippen LogP contribution in [0.25, 0.3) is 0 Å². The second kappa shape index (κ2) is 8.85. The number of ether oxygens (including phenoxy) is 1. The molecule has 0 spiro atoms. The highest BCUT2D eigenvalue weighted by Crippen LogP contribution is 2.23. The second-order valence-corrected chi connectivity index (χ2v) is 7.46. The Hall–Kier alpha value is -1.85. The van der Waals surface area contributed by atoms with Gasteiger partial charge in [-0.3, -0.25) is 4.55 Å². The van der Waals surface area contributed by atoms with Gasteiger partial charge in [-0.15, -0.1) is 0 Å². The molecule has 0 aliphatic carbocycles. The molecule has 0 amide bonds. The molecular weight excluding hydrogens is 324 g/mol. The maximum Gasteiger partial charge on any atom is 0.264 e. The molecule has 0 aliphatic rings. The molecule has 0 atom stereocenters. The number of aryl methyl sites for hydroxylation is 2. The highest BCUT2D eigenvalue weighted by Gasteiger charge is 2.04. The zero-order chi connectivity index (χ0) is 17.4. The van der Waals surface area contributed by atoms with Crippen molar-refractivity contribution in [2.24, 2.45) is 0 Å². The van der Waals surface area contributed by atoms with Gasteiger partial charge in [0.25, 0.3) is 10.1 Å². The maximum absolute atomic E-state index is 10.7. The van der Waals surface area contributed by atoms with Crippen molar-refractivity contribution in [1.82, 2.24) is 0 Å². The van der Waals surface area contributed by atoms with Crippen molar-refractivity contribution in [2.45, 2.75) is 39.0 Å². The highest BCUT2D eigenvalue weighted by atomic mass is 32.2. The van der Waals surface area contributed by atoms with Crippen LogP contribution in [0.5, 0.6) is 11.5 Å². The summed E-state index contributed by atoms with van der Waals surface area (Å²) >= 11 is 0. The van der Waals surface area contributed by atoms with Gasteiger partial charge in [0, 0.05) is 0 Å². The minimum atomic E-state index is -3.86. The number of benzene rings is 2. The zero-order valence-corrected chi connectivity index (χ0v) is 14.8. The predicted octanol–water partition coefficient (Wildman–Crippen LogP) is 4.64. The van der Waals surface area contributed by atoms with E-state index in [1.807, 2.05) is 36.4 Å². The quantitative estimate of drug-likeness (QED) is 0.529. The lowest BCUT2D eigenvalue weighted by Gasteiger charge is -2.08. The number of hydrogen-bond acceptors (Lipinski definition) is 3. The average molecular weight is 348 g/mol. The third-order valence-electron chi connectivity index (χ3n) is 3.71. The van der Waals surface area contributed by atoms with Crippen molar-refractivity contribution in [1.29, 1.82) is 0 Å². The van der Waals surface area contributed by atoms with Gasteiger partial charge in [0.15, 0.2) is 0 Å². The molecule has 0 radical (unpaired) electrons. The Morgan fingerprint density at radius 2 is 1.67 bits per heavy atom. The first-order valence-electron chi connectivity index (χ1n) is 8.27. The van der Waals surface area contributed by atoms with Crippen LogP contribution in [0.2, 0.25) is 0 Å². The van der Waals surface area contributed by atoms with Gasteiger partial charge < -0.3 is 4.74 Å². The van der Waals surface area contributed by atoms with E-state index in [2.05, 4.69) is 19.1 Å². The molecule has 2 aromatic carbocycles. The Balaban J connectivity index is 1.90. The molecule has 4 nitrogen and oxygen atoms in total. The Kier molecular flexibility index (Phi) is 6.82. The van der Waals surface area contributed by atoms with Crippen molar-refractivity contribution < 1.29 is 17.7 Å². The summed E-state index contributed by atoms with van der Waals surface area (Å²) in [6.07, 6.45) is 4.10. The van der Waals surface area contributed by atoms with Gasteiger partial charge >= 0.3 is 0 Å². The minimum Gasteiger partial charge on any atom is -0.457 e. The lowest BCUT2D eigenvalue weighted by Crippen LogP contribution is -2.03. The van der Waals surface area contributed by atoms with E-state index < -0.39 is 10.1 Å². The Morgan fingerprint density at radius 1 is 0.917 bits per heavy atom. The smallest absolute Gasteiger partial charge is 0.264 e. The predicted molar refractivity (Wildman–Crippen MR) is 96.3 cm³/mol. The summed E-state index contributed by atoms with van der Waals surface area (Å²) in [5.41, 5.74) is 2.39. The number of hydrogen-bond donors (Lipinski definition) is 1. The van der Waals surface area contributed by atoms with Crippen LogP contribution in [0.1, 0.15) is 37.3 Å². The minimum absolute atomic E-state index is 0.187. The standard InChI is InChI=1S/C19H24O4S/c1-2-6-16-10-12-18(13-11-16)23-19-9-5-8-17(15-19)7-3-4-14-24(20,21)22/h5,8-13,15H,2-4,6-7,14H2,1H3,(H,20,21,22). The van der Waals surface area contributed by atoms with E-state index in [9.17, 15) is 8.42 Å². The average Bonchev–Trinajstić information content (AvgIpc) is 2.53. The zero-order valence-electron chi connectivity index (χ0n) is 13.9. The highest BCUT2D eigenvalue weighted by molar-refractivity contribution is 7.85. The monoisotopic (exact) mass is 348 g/mol. The molecule has 130 valence electrons. The molecule has 0 aromatic heterocycles. The van der Waals surface area contributed by atoms with Crippen LogP contribution in [0.3, 0.4) is 0 Å². The van der Waals surface area contributed by atoms with Crippen LogP contribution in [0.4, 0.5) is 0 Å². The van der Waals surface area contributed by atoms with Crippen molar-refractivity contribution in [3.05, 3.63) is 59.7 Å². The number of unbranched alkanes of at least 4 members (excludes halogenated alkanes) is 1. The van der Waals surface area contributed by atoms with Gasteiger partial charge in [0.1, 0.15) is 11.5 Å². The first kappa shape index (κ1) is 18.5. The third kappa shape index (κ3) is 6.72. The summed E-state index contributed by atoms with van der Waals surface area (Å²) < 4.78 is 36.0. The molecule has 24 heavy (non-hydrogen) atoms. The van der Waals surface area contributed by atoms with Crippen LogP contribution in [0, 0.1) is 0 Å². The summed E-state index contributed by atoms with van der Waals surface area (Å²) in [5, 5.41) is 0. The van der Waals surface area contributed by atoms with E-state index in [1.54, 1.807) is 0 Å². The molecule has 2 rings (SSSR count). The molecule has 0 saturated heterocycles. The molecule has 5 heteroatoms. The van der Waals surface area contributed by atoms with Crippen LogP contribution in [-0.2, 0) is 23.0 Å². The first-order chi connectivity index (χ1) is 11.5. The first-order valence-corrected chi connectivity index (χ1v) is 9.88. The second-order valence-electron chi connectivity index (χ2n) is 5.89. The largest absolute Gasteiger partial charge is 0.457 e. The van der Waals surface area contributed by atoms with Gasteiger partial charge in [-0.05, 0) is 61.1 Å². The van der Waals surface area contributed by atoms with Gasteiger partial charge in [-0.25, -0.2) is 0 Å². The normalized spacial score (nSPS) is 11.4. The Morgan fingerprint density at radius 3 is 2.33 bits per heavy atom. The number of rotatable bonds is 9. The summed E-state index contributed by atoms with van der Waals surface area (Å²) in [7, 11) is -3.86. The Bertz CT molecular complexity index is 736. The van der Waals surface area contributed by atoms with E-state index in [-0.39, 0.29) is 5.75 Å². The SMILES string of the molecule is CCCc1ccc(Oc2cccc(CCCCS(=O)(=O)O)c2)cc1. The molecule has 1 N–H and O–H groups in total. The summed E-state index contributed by atoms with van der Waals surface area (Å²) in [4.78, 5) is 0. The summed E-state index contributed by atoms with van der Waals surface area (Å²) in [6, 6.07) is 15.9. The van der Waals surface area contributed by atoms with Gasteiger partial charge in [0.2, 0.25) is 0 Å². The van der Waals surface area contributed by atoms with E-state index in [4.69, 9.17) is 9.29 Å². The van der Waals surface area contributed by atoms with Gasteiger partial charge in [-0.2, -0.15) is 8.42 Å². The van der Waals surface area contributed by atoms with E-state index in [0.29, 0.717) is 12.8 Å². The molecule has 0 bridgehead atoms. The van der Waals surface area contributed by atoms with E-state index >= 15 is 0 Å².